The molecule has 0 heterocycles. The lowest BCUT2D eigenvalue weighted by molar-refractivity contribution is 0.566. The van der Waals surface area contributed by atoms with Crippen LogP contribution in [-0.4, -0.2) is 0 Å². The molecule has 0 saturated carbocycles. The third kappa shape index (κ3) is 4.33. The van der Waals surface area contributed by atoms with Crippen molar-refractivity contribution in [3.8, 4) is 0 Å². The Balaban J connectivity index is 0.00000196. The molecule has 0 unspecified atom stereocenters. The van der Waals surface area contributed by atoms with E-state index in [9.17, 15) is 4.39 Å². The topological polar surface area (TPSA) is 26.0 Å². The monoisotopic (exact) mass is 293 g/mol. The Kier molecular flexibility index (Phi) is 6.81. The molecule has 84 valence electrons. The summed E-state index contributed by atoms with van der Waals surface area (Å²) in [4.78, 5) is 0. The second-order valence-electron chi connectivity index (χ2n) is 3.14. The van der Waals surface area contributed by atoms with E-state index in [0.717, 1.165) is 17.3 Å². The van der Waals surface area contributed by atoms with Crippen LogP contribution >= 0.6 is 28.3 Å². The molecule has 0 aliphatic heterocycles. The zero-order valence-corrected chi connectivity index (χ0v) is 10.7. The van der Waals surface area contributed by atoms with Crippen LogP contribution in [0.4, 0.5) is 4.39 Å². The van der Waals surface area contributed by atoms with E-state index in [1.54, 1.807) is 18.2 Å². The van der Waals surface area contributed by atoms with Gasteiger partial charge in [-0.15, -0.1) is 19.0 Å². The van der Waals surface area contributed by atoms with Crippen molar-refractivity contribution in [1.29, 1.82) is 0 Å². The fourth-order valence-corrected chi connectivity index (χ4v) is 1.59. The minimum Gasteiger partial charge on any atom is -0.324 e. The Morgan fingerprint density at radius 2 is 2.20 bits per heavy atom. The maximum absolute atomic E-state index is 13.4. The summed E-state index contributed by atoms with van der Waals surface area (Å²) < 4.78 is 14.1. The Hall–Kier alpha value is -0.380. The van der Waals surface area contributed by atoms with Crippen molar-refractivity contribution < 1.29 is 4.39 Å². The zero-order chi connectivity index (χ0) is 10.6. The molecule has 0 bridgehead atoms. The maximum Gasteiger partial charge on any atom is 0.129 e. The maximum atomic E-state index is 13.4. The first-order valence-electron chi connectivity index (χ1n) is 4.46. The molecule has 1 aromatic rings. The van der Waals surface area contributed by atoms with Crippen LogP contribution in [0.3, 0.4) is 0 Å². The molecule has 1 rings (SSSR count). The van der Waals surface area contributed by atoms with Gasteiger partial charge in [0.05, 0.1) is 0 Å². The number of benzene rings is 1. The lowest BCUT2D eigenvalue weighted by atomic mass is 10.0. The summed E-state index contributed by atoms with van der Waals surface area (Å²) in [5.41, 5.74) is 6.39. The van der Waals surface area contributed by atoms with Gasteiger partial charge < -0.3 is 5.73 Å². The van der Waals surface area contributed by atoms with E-state index in [-0.39, 0.29) is 24.3 Å². The van der Waals surface area contributed by atoms with Gasteiger partial charge in [-0.25, -0.2) is 4.39 Å². The van der Waals surface area contributed by atoms with Crippen molar-refractivity contribution in [2.24, 2.45) is 5.73 Å². The summed E-state index contributed by atoms with van der Waals surface area (Å²) >= 11 is 3.20. The van der Waals surface area contributed by atoms with Gasteiger partial charge in [-0.3, -0.25) is 0 Å². The van der Waals surface area contributed by atoms with Crippen molar-refractivity contribution >= 4 is 28.3 Å². The minimum absolute atomic E-state index is 0. The third-order valence-corrected chi connectivity index (χ3v) is 2.54. The van der Waals surface area contributed by atoms with Crippen LogP contribution in [0.1, 0.15) is 24.4 Å². The van der Waals surface area contributed by atoms with Gasteiger partial charge in [-0.2, -0.15) is 0 Å². The lowest BCUT2D eigenvalue weighted by Crippen LogP contribution is -2.11. The van der Waals surface area contributed by atoms with Gasteiger partial charge >= 0.3 is 0 Å². The SMILES string of the molecule is C=CCC[C@H](N)c1ccc(Br)cc1F.Cl. The molecule has 0 radical (unpaired) electrons. The normalized spacial score (nSPS) is 11.7. The van der Waals surface area contributed by atoms with Crippen LogP contribution in [0, 0.1) is 5.82 Å². The first kappa shape index (κ1) is 14.6. The predicted octanol–water partition coefficient (Wildman–Crippen LogP) is 3.98. The molecule has 0 amide bonds. The fourth-order valence-electron chi connectivity index (χ4n) is 1.26. The highest BCUT2D eigenvalue weighted by Crippen LogP contribution is 2.22. The van der Waals surface area contributed by atoms with Crippen LogP contribution in [0.2, 0.25) is 0 Å². The predicted molar refractivity (Wildman–Crippen MR) is 67.7 cm³/mol. The van der Waals surface area contributed by atoms with Crippen LogP contribution in [-0.2, 0) is 0 Å². The molecule has 1 nitrogen and oxygen atoms in total. The molecule has 0 saturated heterocycles. The molecule has 0 spiro atoms. The quantitative estimate of drug-likeness (QED) is 0.835. The Morgan fingerprint density at radius 3 is 2.73 bits per heavy atom. The molecule has 4 heteroatoms. The van der Waals surface area contributed by atoms with E-state index in [1.807, 2.05) is 0 Å². The summed E-state index contributed by atoms with van der Waals surface area (Å²) in [7, 11) is 0. The van der Waals surface area contributed by atoms with E-state index < -0.39 is 0 Å². The molecule has 2 N–H and O–H groups in total. The largest absolute Gasteiger partial charge is 0.324 e. The highest BCUT2D eigenvalue weighted by Gasteiger charge is 2.10. The minimum atomic E-state index is -0.254. The summed E-state index contributed by atoms with van der Waals surface area (Å²) in [6.45, 7) is 3.61. The third-order valence-electron chi connectivity index (χ3n) is 2.04. The van der Waals surface area contributed by atoms with E-state index in [0.29, 0.717) is 5.56 Å². The van der Waals surface area contributed by atoms with Gasteiger partial charge in [0, 0.05) is 16.1 Å². The highest BCUT2D eigenvalue weighted by molar-refractivity contribution is 9.10. The average molecular weight is 295 g/mol. The van der Waals surface area contributed by atoms with Gasteiger partial charge in [-0.05, 0) is 25.0 Å². The summed E-state index contributed by atoms with van der Waals surface area (Å²) in [6.07, 6.45) is 3.31. The van der Waals surface area contributed by atoms with E-state index >= 15 is 0 Å². The molecule has 0 aromatic heterocycles. The second kappa shape index (κ2) is 6.99. The first-order chi connectivity index (χ1) is 6.65. The van der Waals surface area contributed by atoms with Gasteiger partial charge in [0.25, 0.3) is 0 Å². The van der Waals surface area contributed by atoms with Gasteiger partial charge in [-0.1, -0.05) is 28.1 Å². The second-order valence-corrected chi connectivity index (χ2v) is 4.05. The van der Waals surface area contributed by atoms with Crippen molar-refractivity contribution in [2.75, 3.05) is 0 Å². The number of nitrogens with two attached hydrogens (primary N) is 1. The van der Waals surface area contributed by atoms with Crippen molar-refractivity contribution in [2.45, 2.75) is 18.9 Å². The molecule has 0 aliphatic rings. The molecular weight excluding hydrogens is 280 g/mol. The summed E-state index contributed by atoms with van der Waals surface area (Å²) in [5, 5.41) is 0. The molecule has 1 atom stereocenters. The summed E-state index contributed by atoms with van der Waals surface area (Å²) in [6, 6.07) is 4.70. The molecule has 0 fully saturated rings. The molecule has 1 aromatic carbocycles. The van der Waals surface area contributed by atoms with Crippen LogP contribution in [0.5, 0.6) is 0 Å². The van der Waals surface area contributed by atoms with Crippen LogP contribution < -0.4 is 5.73 Å². The van der Waals surface area contributed by atoms with Gasteiger partial charge in [0.1, 0.15) is 5.82 Å². The lowest BCUT2D eigenvalue weighted by Gasteiger charge is -2.11. The standard InChI is InChI=1S/C11H13BrFN.ClH/c1-2-3-4-11(14)9-6-5-8(12)7-10(9)13;/h2,5-7,11H,1,3-4,14H2;1H/t11-;/m0./s1. The molecular formula is C11H14BrClFN. The van der Waals surface area contributed by atoms with E-state index in [1.165, 1.54) is 6.07 Å². The molecule has 15 heavy (non-hydrogen) atoms. The van der Waals surface area contributed by atoms with Gasteiger partial charge in [0.2, 0.25) is 0 Å². The number of hydrogen-bond acceptors (Lipinski definition) is 1. The Bertz CT molecular complexity index is 330. The number of rotatable bonds is 4. The average Bonchev–Trinajstić information content (AvgIpc) is 2.14. The number of hydrogen-bond donors (Lipinski definition) is 1. The Labute approximate surface area is 104 Å². The van der Waals surface area contributed by atoms with Crippen LogP contribution in [0.15, 0.2) is 35.3 Å². The first-order valence-corrected chi connectivity index (χ1v) is 5.26. The van der Waals surface area contributed by atoms with E-state index in [2.05, 4.69) is 22.5 Å². The van der Waals surface area contributed by atoms with Crippen molar-refractivity contribution in [3.05, 3.63) is 46.7 Å². The number of halogens is 3. The van der Waals surface area contributed by atoms with Gasteiger partial charge in [0.15, 0.2) is 0 Å². The van der Waals surface area contributed by atoms with Crippen molar-refractivity contribution in [3.63, 3.8) is 0 Å². The zero-order valence-electron chi connectivity index (χ0n) is 8.25. The van der Waals surface area contributed by atoms with Crippen molar-refractivity contribution in [1.82, 2.24) is 0 Å². The fraction of sp³-hybridized carbons (Fsp3) is 0.273. The smallest absolute Gasteiger partial charge is 0.129 e. The Morgan fingerprint density at radius 1 is 1.53 bits per heavy atom. The molecule has 0 aliphatic carbocycles. The number of allylic oxidation sites excluding steroid dienone is 1. The summed E-state index contributed by atoms with van der Waals surface area (Å²) in [5.74, 6) is -0.254. The highest BCUT2D eigenvalue weighted by atomic mass is 79.9. The van der Waals surface area contributed by atoms with Crippen LogP contribution in [0.25, 0.3) is 0 Å². The van der Waals surface area contributed by atoms with E-state index in [4.69, 9.17) is 5.73 Å².